The van der Waals surface area contributed by atoms with Crippen molar-refractivity contribution in [3.8, 4) is 0 Å². The number of carboxylic acids is 1. The van der Waals surface area contributed by atoms with E-state index in [1.165, 1.54) is 0 Å². The fourth-order valence-electron chi connectivity index (χ4n) is 1.51. The Bertz CT molecular complexity index is 470. The van der Waals surface area contributed by atoms with E-state index in [0.29, 0.717) is 5.56 Å². The normalized spacial score (nSPS) is 13.2. The van der Waals surface area contributed by atoms with Crippen LogP contribution >= 0.6 is 0 Å². The second-order valence-electron chi connectivity index (χ2n) is 3.76. The number of carboxylic acid groups (broad SMARTS) is 1. The standard InChI is InChI=1S/C11H15NO4S/c1-17(15,16)12-8-7-10(11(13)14)9-5-3-2-4-6-9/h2-6,10,12H,7-8H2,1H3,(H,13,14). The van der Waals surface area contributed by atoms with Crippen LogP contribution in [0.4, 0.5) is 0 Å². The second-order valence-corrected chi connectivity index (χ2v) is 5.59. The van der Waals surface area contributed by atoms with Gasteiger partial charge in [-0.1, -0.05) is 30.3 Å². The van der Waals surface area contributed by atoms with Crippen LogP contribution in [0, 0.1) is 0 Å². The lowest BCUT2D eigenvalue weighted by atomic mass is 9.96. The van der Waals surface area contributed by atoms with Gasteiger partial charge in [-0.05, 0) is 12.0 Å². The molecule has 2 N–H and O–H groups in total. The number of rotatable bonds is 6. The maximum absolute atomic E-state index is 11.1. The summed E-state index contributed by atoms with van der Waals surface area (Å²) in [5.41, 5.74) is 0.676. The first-order valence-electron chi connectivity index (χ1n) is 5.12. The van der Waals surface area contributed by atoms with Crippen molar-refractivity contribution in [3.05, 3.63) is 35.9 Å². The Kier molecular flexibility index (Phi) is 4.65. The van der Waals surface area contributed by atoms with Gasteiger partial charge in [0.1, 0.15) is 0 Å². The van der Waals surface area contributed by atoms with Crippen LogP contribution < -0.4 is 4.72 Å². The van der Waals surface area contributed by atoms with Gasteiger partial charge >= 0.3 is 5.97 Å². The largest absolute Gasteiger partial charge is 0.481 e. The molecule has 0 aliphatic carbocycles. The first-order chi connectivity index (χ1) is 7.90. The predicted octanol–water partition coefficient (Wildman–Crippen LogP) is 0.794. The lowest BCUT2D eigenvalue weighted by Gasteiger charge is -2.12. The molecule has 0 aliphatic heterocycles. The molecule has 1 atom stereocenters. The van der Waals surface area contributed by atoms with Crippen molar-refractivity contribution in [2.45, 2.75) is 12.3 Å². The molecule has 0 radical (unpaired) electrons. The Morgan fingerprint density at radius 3 is 2.41 bits per heavy atom. The minimum Gasteiger partial charge on any atom is -0.481 e. The third kappa shape index (κ3) is 4.97. The van der Waals surface area contributed by atoms with Gasteiger partial charge in [0.25, 0.3) is 0 Å². The van der Waals surface area contributed by atoms with Gasteiger partial charge in [-0.25, -0.2) is 13.1 Å². The average molecular weight is 257 g/mol. The van der Waals surface area contributed by atoms with Gasteiger partial charge in [-0.15, -0.1) is 0 Å². The third-order valence-corrected chi connectivity index (χ3v) is 3.03. The molecule has 6 heteroatoms. The van der Waals surface area contributed by atoms with E-state index in [1.807, 2.05) is 0 Å². The van der Waals surface area contributed by atoms with Gasteiger partial charge in [0.2, 0.25) is 10.0 Å². The Labute approximate surface area is 101 Å². The van der Waals surface area contributed by atoms with Crippen molar-refractivity contribution in [1.29, 1.82) is 0 Å². The van der Waals surface area contributed by atoms with E-state index in [4.69, 9.17) is 5.11 Å². The first-order valence-corrected chi connectivity index (χ1v) is 7.01. The minimum absolute atomic E-state index is 0.116. The molecule has 17 heavy (non-hydrogen) atoms. The highest BCUT2D eigenvalue weighted by atomic mass is 32.2. The quantitative estimate of drug-likeness (QED) is 0.789. The summed E-state index contributed by atoms with van der Waals surface area (Å²) in [7, 11) is -3.27. The first kappa shape index (κ1) is 13.7. The van der Waals surface area contributed by atoms with E-state index >= 15 is 0 Å². The Morgan fingerprint density at radius 2 is 1.94 bits per heavy atom. The molecular formula is C11H15NO4S. The molecule has 0 saturated heterocycles. The predicted molar refractivity (Wildman–Crippen MR) is 64.3 cm³/mol. The molecule has 0 bridgehead atoms. The summed E-state index contributed by atoms with van der Waals surface area (Å²) in [6.07, 6.45) is 1.28. The number of carbonyl (C=O) groups is 1. The second kappa shape index (κ2) is 5.79. The Hall–Kier alpha value is -1.40. The zero-order valence-corrected chi connectivity index (χ0v) is 10.3. The fourth-order valence-corrected chi connectivity index (χ4v) is 2.00. The lowest BCUT2D eigenvalue weighted by Crippen LogP contribution is -2.26. The van der Waals surface area contributed by atoms with Gasteiger partial charge in [0, 0.05) is 6.54 Å². The molecule has 0 fully saturated rings. The fraction of sp³-hybridized carbons (Fsp3) is 0.364. The summed E-state index contributed by atoms with van der Waals surface area (Å²) in [5, 5.41) is 9.08. The van der Waals surface area contributed by atoms with Crippen LogP contribution in [0.15, 0.2) is 30.3 Å². The van der Waals surface area contributed by atoms with Crippen molar-refractivity contribution in [1.82, 2.24) is 4.72 Å². The highest BCUT2D eigenvalue weighted by molar-refractivity contribution is 7.88. The monoisotopic (exact) mass is 257 g/mol. The number of hydrogen-bond donors (Lipinski definition) is 2. The lowest BCUT2D eigenvalue weighted by molar-refractivity contribution is -0.138. The highest BCUT2D eigenvalue weighted by Crippen LogP contribution is 2.19. The third-order valence-electron chi connectivity index (χ3n) is 2.30. The Morgan fingerprint density at radius 1 is 1.35 bits per heavy atom. The summed E-state index contributed by atoms with van der Waals surface area (Å²) < 4.78 is 24.0. The van der Waals surface area contributed by atoms with Crippen molar-refractivity contribution in [3.63, 3.8) is 0 Å². The van der Waals surface area contributed by atoms with Crippen LogP contribution in [0.1, 0.15) is 17.9 Å². The summed E-state index contributed by atoms with van der Waals surface area (Å²) in [5.74, 6) is -1.64. The zero-order valence-electron chi connectivity index (χ0n) is 9.46. The van der Waals surface area contributed by atoms with E-state index < -0.39 is 21.9 Å². The number of hydrogen-bond acceptors (Lipinski definition) is 3. The molecule has 1 aromatic rings. The summed E-state index contributed by atoms with van der Waals surface area (Å²) in [4.78, 5) is 11.1. The molecule has 0 saturated carbocycles. The van der Waals surface area contributed by atoms with Crippen LogP contribution in [0.3, 0.4) is 0 Å². The van der Waals surface area contributed by atoms with Gasteiger partial charge in [0.05, 0.1) is 12.2 Å². The molecule has 94 valence electrons. The van der Waals surface area contributed by atoms with E-state index in [2.05, 4.69) is 4.72 Å². The molecule has 1 rings (SSSR count). The van der Waals surface area contributed by atoms with Crippen LogP contribution in [-0.2, 0) is 14.8 Å². The van der Waals surface area contributed by atoms with E-state index in [1.54, 1.807) is 30.3 Å². The Balaban J connectivity index is 2.66. The van der Waals surface area contributed by atoms with E-state index in [9.17, 15) is 13.2 Å². The summed E-state index contributed by atoms with van der Waals surface area (Å²) in [6, 6.07) is 8.76. The van der Waals surface area contributed by atoms with Gasteiger partial charge in [0.15, 0.2) is 0 Å². The molecule has 0 heterocycles. The molecule has 1 aromatic carbocycles. The summed E-state index contributed by atoms with van der Waals surface area (Å²) >= 11 is 0. The van der Waals surface area contributed by atoms with Crippen molar-refractivity contribution in [2.24, 2.45) is 0 Å². The summed E-state index contributed by atoms with van der Waals surface area (Å²) in [6.45, 7) is 0.116. The maximum Gasteiger partial charge on any atom is 0.311 e. The SMILES string of the molecule is CS(=O)(=O)NCCC(C(=O)O)c1ccccc1. The van der Waals surface area contributed by atoms with Crippen molar-refractivity contribution in [2.75, 3.05) is 12.8 Å². The molecule has 1 unspecified atom stereocenters. The van der Waals surface area contributed by atoms with Crippen molar-refractivity contribution >= 4 is 16.0 Å². The van der Waals surface area contributed by atoms with E-state index in [-0.39, 0.29) is 13.0 Å². The van der Waals surface area contributed by atoms with Crippen LogP contribution in [-0.4, -0.2) is 32.3 Å². The number of benzene rings is 1. The smallest absolute Gasteiger partial charge is 0.311 e. The average Bonchev–Trinajstić information content (AvgIpc) is 2.23. The van der Waals surface area contributed by atoms with E-state index in [0.717, 1.165) is 6.26 Å². The van der Waals surface area contributed by atoms with Gasteiger partial charge in [-0.2, -0.15) is 0 Å². The number of sulfonamides is 1. The minimum atomic E-state index is -3.27. The maximum atomic E-state index is 11.1. The van der Waals surface area contributed by atoms with Gasteiger partial charge < -0.3 is 5.11 Å². The molecule has 0 amide bonds. The molecule has 0 spiro atoms. The van der Waals surface area contributed by atoms with Crippen molar-refractivity contribution < 1.29 is 18.3 Å². The van der Waals surface area contributed by atoms with Crippen LogP contribution in [0.2, 0.25) is 0 Å². The molecular weight excluding hydrogens is 242 g/mol. The highest BCUT2D eigenvalue weighted by Gasteiger charge is 2.19. The zero-order chi connectivity index (χ0) is 12.9. The van der Waals surface area contributed by atoms with Crippen LogP contribution in [0.25, 0.3) is 0 Å². The topological polar surface area (TPSA) is 83.5 Å². The molecule has 0 aromatic heterocycles. The number of aliphatic carboxylic acids is 1. The van der Waals surface area contributed by atoms with Gasteiger partial charge in [-0.3, -0.25) is 4.79 Å². The molecule has 0 aliphatic rings. The number of nitrogens with one attached hydrogen (secondary N) is 1. The van der Waals surface area contributed by atoms with Crippen LogP contribution in [0.5, 0.6) is 0 Å². The molecule has 5 nitrogen and oxygen atoms in total.